The summed E-state index contributed by atoms with van der Waals surface area (Å²) in [5.41, 5.74) is 1.92. The van der Waals surface area contributed by atoms with E-state index in [0.29, 0.717) is 6.54 Å². The summed E-state index contributed by atoms with van der Waals surface area (Å²) in [6.07, 6.45) is 5.45. The van der Waals surface area contributed by atoms with Gasteiger partial charge in [0.15, 0.2) is 0 Å². The normalized spacial score (nSPS) is 11.8. The Kier molecular flexibility index (Phi) is 6.60. The number of amides is 2. The molecule has 0 unspecified atom stereocenters. The first-order valence-electron chi connectivity index (χ1n) is 8.29. The van der Waals surface area contributed by atoms with Gasteiger partial charge in [-0.1, -0.05) is 13.3 Å². The zero-order chi connectivity index (χ0) is 17.4. The highest BCUT2D eigenvalue weighted by Gasteiger charge is 2.09. The van der Waals surface area contributed by atoms with Gasteiger partial charge in [0.2, 0.25) is 0 Å². The predicted molar refractivity (Wildman–Crippen MR) is 96.3 cm³/mol. The van der Waals surface area contributed by atoms with E-state index in [9.17, 15) is 4.79 Å². The van der Waals surface area contributed by atoms with E-state index in [1.165, 1.54) is 19.2 Å². The monoisotopic (exact) mass is 330 g/mol. The highest BCUT2D eigenvalue weighted by atomic mass is 16.2. The number of aromatic nitrogens is 3. The molecule has 7 nitrogen and oxygen atoms in total. The Morgan fingerprint density at radius 3 is 2.71 bits per heavy atom. The van der Waals surface area contributed by atoms with Crippen LogP contribution in [0.2, 0.25) is 0 Å². The lowest BCUT2D eigenvalue weighted by Gasteiger charge is -2.19. The number of unbranched alkanes of at least 4 members (excludes halogenated alkanes) is 1. The number of hydrogen-bond donors (Lipinski definition) is 2. The Labute approximate surface area is 143 Å². The molecular formula is C17H26N6O. The molecule has 24 heavy (non-hydrogen) atoms. The van der Waals surface area contributed by atoms with Crippen molar-refractivity contribution in [2.75, 3.05) is 23.8 Å². The zero-order valence-electron chi connectivity index (χ0n) is 14.6. The summed E-state index contributed by atoms with van der Waals surface area (Å²) >= 11 is 0. The molecule has 7 heteroatoms. The lowest BCUT2D eigenvalue weighted by atomic mass is 10.2. The molecule has 2 aromatic rings. The van der Waals surface area contributed by atoms with Gasteiger partial charge in [-0.2, -0.15) is 5.10 Å². The fraction of sp³-hybridized carbons (Fsp3) is 0.471. The van der Waals surface area contributed by atoms with E-state index < -0.39 is 0 Å². The van der Waals surface area contributed by atoms with Crippen LogP contribution in [0, 0.1) is 0 Å². The van der Waals surface area contributed by atoms with E-state index in [1.54, 1.807) is 11.0 Å². The molecule has 1 aromatic carbocycles. The molecule has 0 aliphatic rings. The average Bonchev–Trinajstić information content (AvgIpc) is 3.05. The zero-order valence-corrected chi connectivity index (χ0v) is 14.6. The van der Waals surface area contributed by atoms with Crippen LogP contribution in [0.5, 0.6) is 0 Å². The summed E-state index contributed by atoms with van der Waals surface area (Å²) in [5.74, 6) is 0. The Bertz CT molecular complexity index is 611. The van der Waals surface area contributed by atoms with E-state index in [0.717, 1.165) is 17.9 Å². The topological polar surface area (TPSA) is 75.1 Å². The summed E-state index contributed by atoms with van der Waals surface area (Å²) in [6, 6.07) is 7.59. The molecule has 1 atom stereocenters. The standard InChI is InChI=1S/C17H26N6O/c1-4-5-10-22(3)16-8-6-15(7-9-16)21-17(24)20-14(2)11-23-13-18-12-19-23/h6-9,12-14H,4-5,10-11H2,1-3H3,(H2,20,21,24)/t14-/m1/s1. The van der Waals surface area contributed by atoms with E-state index in [-0.39, 0.29) is 12.1 Å². The van der Waals surface area contributed by atoms with Crippen molar-refractivity contribution in [3.8, 4) is 0 Å². The van der Waals surface area contributed by atoms with Gasteiger partial charge in [-0.15, -0.1) is 0 Å². The Hall–Kier alpha value is -2.57. The maximum atomic E-state index is 12.0. The van der Waals surface area contributed by atoms with Crippen LogP contribution in [-0.2, 0) is 6.54 Å². The number of nitrogens with one attached hydrogen (secondary N) is 2. The van der Waals surface area contributed by atoms with Crippen molar-refractivity contribution in [2.45, 2.75) is 39.3 Å². The minimum Gasteiger partial charge on any atom is -0.375 e. The van der Waals surface area contributed by atoms with Crippen LogP contribution in [-0.4, -0.2) is 40.4 Å². The molecule has 0 spiro atoms. The van der Waals surface area contributed by atoms with Crippen molar-refractivity contribution in [1.29, 1.82) is 0 Å². The first-order chi connectivity index (χ1) is 11.6. The third kappa shape index (κ3) is 5.57. The number of carbonyl (C=O) groups excluding carboxylic acids is 1. The highest BCUT2D eigenvalue weighted by molar-refractivity contribution is 5.89. The van der Waals surface area contributed by atoms with Gasteiger partial charge in [0, 0.05) is 31.0 Å². The molecule has 0 bridgehead atoms. The van der Waals surface area contributed by atoms with Gasteiger partial charge < -0.3 is 15.5 Å². The molecule has 0 saturated carbocycles. The first kappa shape index (κ1) is 17.8. The number of hydrogen-bond acceptors (Lipinski definition) is 4. The van der Waals surface area contributed by atoms with Crippen molar-refractivity contribution in [3.63, 3.8) is 0 Å². The molecule has 1 aromatic heterocycles. The van der Waals surface area contributed by atoms with Crippen LogP contribution in [0.15, 0.2) is 36.9 Å². The second kappa shape index (κ2) is 8.90. The second-order valence-corrected chi connectivity index (χ2v) is 5.94. The average molecular weight is 330 g/mol. The van der Waals surface area contributed by atoms with Crippen molar-refractivity contribution in [3.05, 3.63) is 36.9 Å². The number of nitrogens with zero attached hydrogens (tertiary/aromatic N) is 4. The molecule has 0 aliphatic carbocycles. The second-order valence-electron chi connectivity index (χ2n) is 5.94. The van der Waals surface area contributed by atoms with Crippen LogP contribution in [0.4, 0.5) is 16.2 Å². The summed E-state index contributed by atoms with van der Waals surface area (Å²) in [4.78, 5) is 18.1. The molecule has 2 rings (SSSR count). The molecule has 130 valence electrons. The van der Waals surface area contributed by atoms with Gasteiger partial charge in [0.1, 0.15) is 12.7 Å². The Morgan fingerprint density at radius 1 is 1.33 bits per heavy atom. The molecular weight excluding hydrogens is 304 g/mol. The van der Waals surface area contributed by atoms with Crippen LogP contribution in [0.25, 0.3) is 0 Å². The van der Waals surface area contributed by atoms with E-state index >= 15 is 0 Å². The van der Waals surface area contributed by atoms with Gasteiger partial charge >= 0.3 is 6.03 Å². The van der Waals surface area contributed by atoms with E-state index in [1.807, 2.05) is 31.2 Å². The minimum atomic E-state index is -0.227. The lowest BCUT2D eigenvalue weighted by molar-refractivity contribution is 0.247. The third-order valence-electron chi connectivity index (χ3n) is 3.72. The van der Waals surface area contributed by atoms with Crippen LogP contribution >= 0.6 is 0 Å². The molecule has 0 radical (unpaired) electrons. The van der Waals surface area contributed by atoms with Crippen molar-refractivity contribution < 1.29 is 4.79 Å². The fourth-order valence-electron chi connectivity index (χ4n) is 2.37. The van der Waals surface area contributed by atoms with Gasteiger partial charge in [0.05, 0.1) is 6.54 Å². The predicted octanol–water partition coefficient (Wildman–Crippen LogP) is 2.72. The molecule has 2 amide bonds. The van der Waals surface area contributed by atoms with Crippen molar-refractivity contribution >= 4 is 17.4 Å². The van der Waals surface area contributed by atoms with Crippen LogP contribution in [0.3, 0.4) is 0 Å². The number of anilines is 2. The largest absolute Gasteiger partial charge is 0.375 e. The quantitative estimate of drug-likeness (QED) is 0.780. The van der Waals surface area contributed by atoms with Crippen LogP contribution in [0.1, 0.15) is 26.7 Å². The molecule has 0 saturated heterocycles. The smallest absolute Gasteiger partial charge is 0.319 e. The summed E-state index contributed by atoms with van der Waals surface area (Å²) in [7, 11) is 2.08. The van der Waals surface area contributed by atoms with Gasteiger partial charge in [0.25, 0.3) is 0 Å². The van der Waals surface area contributed by atoms with Gasteiger partial charge in [-0.05, 0) is 37.6 Å². The van der Waals surface area contributed by atoms with Gasteiger partial charge in [-0.25, -0.2) is 9.78 Å². The lowest BCUT2D eigenvalue weighted by Crippen LogP contribution is -2.38. The van der Waals surface area contributed by atoms with E-state index in [4.69, 9.17) is 0 Å². The minimum absolute atomic E-state index is 0.0499. The maximum Gasteiger partial charge on any atom is 0.319 e. The summed E-state index contributed by atoms with van der Waals surface area (Å²) in [5, 5.41) is 9.75. The molecule has 0 aliphatic heterocycles. The van der Waals surface area contributed by atoms with Gasteiger partial charge in [-0.3, -0.25) is 4.68 Å². The number of benzene rings is 1. The van der Waals surface area contributed by atoms with Crippen molar-refractivity contribution in [1.82, 2.24) is 20.1 Å². The Morgan fingerprint density at radius 2 is 2.08 bits per heavy atom. The summed E-state index contributed by atoms with van der Waals surface area (Å²) < 4.78 is 1.69. The van der Waals surface area contributed by atoms with E-state index in [2.05, 4.69) is 39.6 Å². The maximum absolute atomic E-state index is 12.0. The molecule has 1 heterocycles. The SMILES string of the molecule is CCCCN(C)c1ccc(NC(=O)N[C@H](C)Cn2cncn2)cc1. The number of urea groups is 1. The fourth-order valence-corrected chi connectivity index (χ4v) is 2.37. The van der Waals surface area contributed by atoms with Crippen molar-refractivity contribution in [2.24, 2.45) is 0 Å². The number of carbonyl (C=O) groups is 1. The first-order valence-corrected chi connectivity index (χ1v) is 8.29. The third-order valence-corrected chi connectivity index (χ3v) is 3.72. The number of rotatable bonds is 8. The summed E-state index contributed by atoms with van der Waals surface area (Å²) in [6.45, 7) is 5.72. The molecule has 2 N–H and O–H groups in total. The molecule has 0 fully saturated rings. The van der Waals surface area contributed by atoms with Crippen LogP contribution < -0.4 is 15.5 Å². The Balaban J connectivity index is 1.81. The highest BCUT2D eigenvalue weighted by Crippen LogP contribution is 2.17.